The van der Waals surface area contributed by atoms with Crippen LogP contribution in [0.25, 0.3) is 11.3 Å². The van der Waals surface area contributed by atoms with E-state index in [9.17, 15) is 9.59 Å². The molecule has 1 aromatic heterocycles. The van der Waals surface area contributed by atoms with Crippen molar-refractivity contribution in [2.45, 2.75) is 45.3 Å². The summed E-state index contributed by atoms with van der Waals surface area (Å²) >= 11 is 0. The molecular weight excluding hydrogens is 344 g/mol. The van der Waals surface area contributed by atoms with Gasteiger partial charge in [0.05, 0.1) is 5.69 Å². The number of nitrogens with zero attached hydrogens (tertiary/aromatic N) is 3. The zero-order valence-corrected chi connectivity index (χ0v) is 15.8. The van der Waals surface area contributed by atoms with Crippen LogP contribution in [0.2, 0.25) is 0 Å². The number of benzene rings is 1. The molecule has 0 saturated carbocycles. The number of likely N-dealkylation sites (tertiary alicyclic amines) is 1. The first-order valence-corrected chi connectivity index (χ1v) is 9.02. The van der Waals surface area contributed by atoms with E-state index in [-0.39, 0.29) is 11.9 Å². The molecule has 0 aliphatic carbocycles. The van der Waals surface area contributed by atoms with Crippen molar-refractivity contribution in [2.24, 2.45) is 0 Å². The lowest BCUT2D eigenvalue weighted by atomic mass is 10.1. The number of hydrogen-bond donors (Lipinski definition) is 1. The van der Waals surface area contributed by atoms with Gasteiger partial charge in [-0.15, -0.1) is 0 Å². The van der Waals surface area contributed by atoms with Crippen molar-refractivity contribution in [1.29, 1.82) is 0 Å². The van der Waals surface area contributed by atoms with Crippen molar-refractivity contribution < 1.29 is 14.3 Å². The van der Waals surface area contributed by atoms with Gasteiger partial charge in [-0.1, -0.05) is 30.3 Å². The first kappa shape index (κ1) is 18.8. The number of carbonyl (C=O) groups excluding carboxylic acids is 2. The molecule has 1 aliphatic rings. The number of carbonyl (C=O) groups is 2. The van der Waals surface area contributed by atoms with Crippen molar-refractivity contribution in [3.05, 3.63) is 42.6 Å². The Labute approximate surface area is 158 Å². The van der Waals surface area contributed by atoms with Crippen molar-refractivity contribution in [2.75, 3.05) is 11.9 Å². The molecule has 0 radical (unpaired) electrons. The highest BCUT2D eigenvalue weighted by molar-refractivity contribution is 5.95. The fraction of sp³-hybridized carbons (Fsp3) is 0.400. The Morgan fingerprint density at radius 2 is 1.93 bits per heavy atom. The summed E-state index contributed by atoms with van der Waals surface area (Å²) in [6.45, 7) is 5.91. The smallest absolute Gasteiger partial charge is 0.410 e. The van der Waals surface area contributed by atoms with Crippen LogP contribution in [0.4, 0.5) is 10.7 Å². The lowest BCUT2D eigenvalue weighted by Crippen LogP contribution is -2.45. The molecule has 142 valence electrons. The minimum atomic E-state index is -0.603. The van der Waals surface area contributed by atoms with Gasteiger partial charge in [-0.2, -0.15) is 0 Å². The Kier molecular flexibility index (Phi) is 5.39. The SMILES string of the molecule is CC(C)(C)OC(=O)N1CCCC1C(=O)Nc1nccc(-c2ccccc2)n1. The molecule has 7 heteroatoms. The number of nitrogens with one attached hydrogen (secondary N) is 1. The summed E-state index contributed by atoms with van der Waals surface area (Å²) in [7, 11) is 0. The monoisotopic (exact) mass is 368 g/mol. The summed E-state index contributed by atoms with van der Waals surface area (Å²) < 4.78 is 5.40. The lowest BCUT2D eigenvalue weighted by Gasteiger charge is -2.27. The van der Waals surface area contributed by atoms with Crippen LogP contribution in [0.3, 0.4) is 0 Å². The van der Waals surface area contributed by atoms with Crippen LogP contribution >= 0.6 is 0 Å². The number of rotatable bonds is 3. The molecular formula is C20H24N4O3. The van der Waals surface area contributed by atoms with Crippen LogP contribution in [0, 0.1) is 0 Å². The Hall–Kier alpha value is -2.96. The van der Waals surface area contributed by atoms with Crippen molar-refractivity contribution in [1.82, 2.24) is 14.9 Å². The zero-order chi connectivity index (χ0) is 19.4. The number of ether oxygens (including phenoxy) is 1. The van der Waals surface area contributed by atoms with Crippen LogP contribution in [-0.2, 0) is 9.53 Å². The third-order valence-corrected chi connectivity index (χ3v) is 4.14. The van der Waals surface area contributed by atoms with Gasteiger partial charge in [-0.25, -0.2) is 14.8 Å². The van der Waals surface area contributed by atoms with Gasteiger partial charge in [0.2, 0.25) is 11.9 Å². The Morgan fingerprint density at radius 3 is 2.63 bits per heavy atom. The van der Waals surface area contributed by atoms with E-state index in [4.69, 9.17) is 4.74 Å². The molecule has 3 rings (SSSR count). The van der Waals surface area contributed by atoms with E-state index in [1.165, 1.54) is 4.90 Å². The molecule has 2 amide bonds. The van der Waals surface area contributed by atoms with Gasteiger partial charge in [0, 0.05) is 18.3 Å². The third-order valence-electron chi connectivity index (χ3n) is 4.14. The first-order chi connectivity index (χ1) is 12.8. The summed E-state index contributed by atoms with van der Waals surface area (Å²) in [6, 6.07) is 10.9. The molecule has 2 heterocycles. The largest absolute Gasteiger partial charge is 0.444 e. The van der Waals surface area contributed by atoms with Crippen molar-refractivity contribution in [3.8, 4) is 11.3 Å². The molecule has 2 aromatic rings. The topological polar surface area (TPSA) is 84.4 Å². The molecule has 1 saturated heterocycles. The van der Waals surface area contributed by atoms with E-state index in [1.54, 1.807) is 33.0 Å². The number of amides is 2. The maximum Gasteiger partial charge on any atom is 0.410 e. The highest BCUT2D eigenvalue weighted by Gasteiger charge is 2.36. The fourth-order valence-electron chi connectivity index (χ4n) is 2.96. The van der Waals surface area contributed by atoms with Gasteiger partial charge in [0.1, 0.15) is 11.6 Å². The summed E-state index contributed by atoms with van der Waals surface area (Å²) in [4.78, 5) is 35.1. The van der Waals surface area contributed by atoms with Gasteiger partial charge in [0.25, 0.3) is 0 Å². The van der Waals surface area contributed by atoms with E-state index in [0.717, 1.165) is 17.7 Å². The average Bonchev–Trinajstić information content (AvgIpc) is 3.11. The van der Waals surface area contributed by atoms with E-state index in [0.29, 0.717) is 13.0 Å². The Balaban J connectivity index is 1.70. The Morgan fingerprint density at radius 1 is 1.19 bits per heavy atom. The standard InChI is InChI=1S/C20H24N4O3/c1-20(2,3)27-19(26)24-13-7-10-16(24)17(25)23-18-21-12-11-15(22-18)14-8-5-4-6-9-14/h4-6,8-9,11-12,16H,7,10,13H2,1-3H3,(H,21,22,23,25). The summed E-state index contributed by atoms with van der Waals surface area (Å²) in [5, 5.41) is 2.73. The van der Waals surface area contributed by atoms with Gasteiger partial charge in [-0.3, -0.25) is 15.0 Å². The molecule has 1 aromatic carbocycles. The second-order valence-electron chi connectivity index (χ2n) is 7.45. The van der Waals surface area contributed by atoms with Gasteiger partial charge in [-0.05, 0) is 39.7 Å². The molecule has 1 aliphatic heterocycles. The van der Waals surface area contributed by atoms with Crippen LogP contribution in [-0.4, -0.2) is 45.1 Å². The minimum Gasteiger partial charge on any atom is -0.444 e. The summed E-state index contributed by atoms with van der Waals surface area (Å²) in [5.74, 6) is -0.0824. The number of hydrogen-bond acceptors (Lipinski definition) is 5. The second-order valence-corrected chi connectivity index (χ2v) is 7.45. The van der Waals surface area contributed by atoms with Crippen LogP contribution in [0.5, 0.6) is 0 Å². The molecule has 0 bridgehead atoms. The van der Waals surface area contributed by atoms with Gasteiger partial charge >= 0.3 is 6.09 Å². The molecule has 1 atom stereocenters. The lowest BCUT2D eigenvalue weighted by molar-refractivity contribution is -0.120. The highest BCUT2D eigenvalue weighted by Crippen LogP contribution is 2.22. The van der Waals surface area contributed by atoms with Crippen LogP contribution < -0.4 is 5.32 Å². The van der Waals surface area contributed by atoms with E-state index in [2.05, 4.69) is 15.3 Å². The molecule has 1 unspecified atom stereocenters. The van der Waals surface area contributed by atoms with Gasteiger partial charge in [0.15, 0.2) is 0 Å². The highest BCUT2D eigenvalue weighted by atomic mass is 16.6. The van der Waals surface area contributed by atoms with E-state index >= 15 is 0 Å². The zero-order valence-electron chi connectivity index (χ0n) is 15.8. The summed E-state index contributed by atoms with van der Waals surface area (Å²) in [5.41, 5.74) is 1.05. The van der Waals surface area contributed by atoms with Crippen LogP contribution in [0.1, 0.15) is 33.6 Å². The van der Waals surface area contributed by atoms with Crippen molar-refractivity contribution in [3.63, 3.8) is 0 Å². The second kappa shape index (κ2) is 7.73. The maximum atomic E-state index is 12.7. The quantitative estimate of drug-likeness (QED) is 0.896. The molecule has 1 fully saturated rings. The normalized spacial score (nSPS) is 16.9. The minimum absolute atomic E-state index is 0.220. The number of aromatic nitrogens is 2. The van der Waals surface area contributed by atoms with E-state index in [1.807, 2.05) is 30.3 Å². The maximum absolute atomic E-state index is 12.7. The predicted octanol–water partition coefficient (Wildman–Crippen LogP) is 3.48. The molecule has 7 nitrogen and oxygen atoms in total. The molecule has 1 N–H and O–H groups in total. The number of anilines is 1. The van der Waals surface area contributed by atoms with Gasteiger partial charge < -0.3 is 4.74 Å². The van der Waals surface area contributed by atoms with Crippen molar-refractivity contribution >= 4 is 17.9 Å². The van der Waals surface area contributed by atoms with E-state index < -0.39 is 17.7 Å². The summed E-state index contributed by atoms with van der Waals surface area (Å²) in [6.07, 6.45) is 2.47. The van der Waals surface area contributed by atoms with Crippen LogP contribution in [0.15, 0.2) is 42.6 Å². The fourth-order valence-corrected chi connectivity index (χ4v) is 2.96. The molecule has 0 spiro atoms. The third kappa shape index (κ3) is 4.81. The molecule has 27 heavy (non-hydrogen) atoms. The first-order valence-electron chi connectivity index (χ1n) is 9.02. The average molecular weight is 368 g/mol. The predicted molar refractivity (Wildman–Crippen MR) is 102 cm³/mol. The Bertz CT molecular complexity index is 817.